The van der Waals surface area contributed by atoms with Gasteiger partial charge in [-0.1, -0.05) is 38.1 Å². The van der Waals surface area contributed by atoms with E-state index in [0.717, 1.165) is 42.6 Å². The van der Waals surface area contributed by atoms with Crippen LogP contribution >= 0.6 is 23.5 Å². The predicted molar refractivity (Wildman–Crippen MR) is 123 cm³/mol. The Kier molecular flexibility index (Phi) is 9.05. The fraction of sp³-hybridized carbons (Fsp3) is 0.478. The molecule has 0 saturated carbocycles. The molecule has 1 N–H and O–H groups in total. The maximum absolute atomic E-state index is 5.98. The molecular weight excluding hydrogens is 402 g/mol. The van der Waals surface area contributed by atoms with Crippen molar-refractivity contribution in [2.75, 3.05) is 38.6 Å². The SMILES string of the molecule is CCc1cccc(SC[C@H](C)CNC2COc3ccccc3SC2)c1OCOC. The van der Waals surface area contributed by atoms with Crippen LogP contribution in [0.25, 0.3) is 0 Å². The molecule has 0 radical (unpaired) electrons. The molecule has 29 heavy (non-hydrogen) atoms. The van der Waals surface area contributed by atoms with Gasteiger partial charge in [-0.05, 0) is 42.6 Å². The van der Waals surface area contributed by atoms with Crippen LogP contribution in [-0.4, -0.2) is 44.6 Å². The first-order valence-electron chi connectivity index (χ1n) is 10.2. The molecule has 0 aromatic heterocycles. The first-order chi connectivity index (χ1) is 14.2. The molecule has 1 heterocycles. The Morgan fingerprint density at radius 2 is 2.10 bits per heavy atom. The molecule has 158 valence electrons. The lowest BCUT2D eigenvalue weighted by Crippen LogP contribution is -2.39. The monoisotopic (exact) mass is 433 g/mol. The van der Waals surface area contributed by atoms with Gasteiger partial charge in [-0.3, -0.25) is 0 Å². The van der Waals surface area contributed by atoms with Crippen LogP contribution in [0.2, 0.25) is 0 Å². The van der Waals surface area contributed by atoms with E-state index in [1.807, 2.05) is 29.6 Å². The molecule has 0 spiro atoms. The summed E-state index contributed by atoms with van der Waals surface area (Å²) < 4.78 is 17.0. The fourth-order valence-corrected chi connectivity index (χ4v) is 5.25. The van der Waals surface area contributed by atoms with Crippen LogP contribution in [0.5, 0.6) is 11.5 Å². The molecule has 0 aliphatic carbocycles. The van der Waals surface area contributed by atoms with Crippen LogP contribution in [0.4, 0.5) is 0 Å². The zero-order valence-electron chi connectivity index (χ0n) is 17.5. The Hall–Kier alpha value is -1.34. The van der Waals surface area contributed by atoms with Crippen LogP contribution in [0.15, 0.2) is 52.3 Å². The minimum absolute atomic E-state index is 0.281. The van der Waals surface area contributed by atoms with Crippen LogP contribution < -0.4 is 14.8 Å². The molecule has 0 saturated heterocycles. The van der Waals surface area contributed by atoms with Crippen LogP contribution in [-0.2, 0) is 11.2 Å². The average Bonchev–Trinajstić information content (AvgIpc) is 2.97. The van der Waals surface area contributed by atoms with E-state index in [2.05, 4.69) is 55.6 Å². The number of fused-ring (bicyclic) bond motifs is 1. The van der Waals surface area contributed by atoms with Crippen molar-refractivity contribution in [1.29, 1.82) is 0 Å². The Labute approximate surface area is 183 Å². The Bertz CT molecular complexity index is 745. The first kappa shape index (κ1) is 22.3. The first-order valence-corrected chi connectivity index (χ1v) is 12.1. The number of nitrogens with one attached hydrogen (secondary N) is 1. The number of benzene rings is 2. The average molecular weight is 434 g/mol. The minimum Gasteiger partial charge on any atom is -0.491 e. The molecule has 1 aliphatic rings. The Balaban J connectivity index is 1.47. The van der Waals surface area contributed by atoms with Crippen LogP contribution in [0, 0.1) is 5.92 Å². The molecule has 3 rings (SSSR count). The molecule has 6 heteroatoms. The Morgan fingerprint density at radius 3 is 2.93 bits per heavy atom. The molecule has 4 nitrogen and oxygen atoms in total. The third kappa shape index (κ3) is 6.57. The lowest BCUT2D eigenvalue weighted by molar-refractivity contribution is 0.0484. The number of rotatable bonds is 10. The smallest absolute Gasteiger partial charge is 0.188 e. The van der Waals surface area contributed by atoms with Crippen molar-refractivity contribution >= 4 is 23.5 Å². The van der Waals surface area contributed by atoms with Gasteiger partial charge in [-0.15, -0.1) is 23.5 Å². The number of thioether (sulfide) groups is 2. The topological polar surface area (TPSA) is 39.7 Å². The predicted octanol–water partition coefficient (Wildman–Crippen LogP) is 5.10. The van der Waals surface area contributed by atoms with E-state index >= 15 is 0 Å². The van der Waals surface area contributed by atoms with E-state index in [4.69, 9.17) is 14.2 Å². The van der Waals surface area contributed by atoms with Crippen molar-refractivity contribution in [3.05, 3.63) is 48.0 Å². The van der Waals surface area contributed by atoms with Gasteiger partial charge in [-0.2, -0.15) is 0 Å². The van der Waals surface area contributed by atoms with Crippen molar-refractivity contribution in [3.8, 4) is 11.5 Å². The van der Waals surface area contributed by atoms with Gasteiger partial charge in [0, 0.05) is 28.4 Å². The summed E-state index contributed by atoms with van der Waals surface area (Å²) in [4.78, 5) is 2.43. The molecule has 2 atom stereocenters. The summed E-state index contributed by atoms with van der Waals surface area (Å²) in [6.45, 7) is 6.42. The van der Waals surface area contributed by atoms with E-state index in [-0.39, 0.29) is 6.79 Å². The highest BCUT2D eigenvalue weighted by Gasteiger charge is 2.18. The zero-order valence-corrected chi connectivity index (χ0v) is 19.1. The third-order valence-corrected chi connectivity index (χ3v) is 7.36. The maximum atomic E-state index is 5.98. The summed E-state index contributed by atoms with van der Waals surface area (Å²) in [7, 11) is 1.66. The molecule has 0 amide bonds. The van der Waals surface area contributed by atoms with Crippen molar-refractivity contribution in [2.24, 2.45) is 5.92 Å². The van der Waals surface area contributed by atoms with Gasteiger partial charge < -0.3 is 19.5 Å². The molecule has 1 aliphatic heterocycles. The van der Waals surface area contributed by atoms with Gasteiger partial charge in [0.15, 0.2) is 6.79 Å². The van der Waals surface area contributed by atoms with Gasteiger partial charge in [0.05, 0.1) is 6.04 Å². The summed E-state index contributed by atoms with van der Waals surface area (Å²) in [5.74, 6) is 4.57. The number of aryl methyl sites for hydroxylation is 1. The fourth-order valence-electron chi connectivity index (χ4n) is 3.13. The van der Waals surface area contributed by atoms with Gasteiger partial charge in [0.2, 0.25) is 0 Å². The Morgan fingerprint density at radius 1 is 1.24 bits per heavy atom. The standard InChI is InChI=1S/C23H31NO3S2/c1-4-18-8-7-11-22(23(18)27-16-25-3)28-14-17(2)12-24-19-13-26-20-9-5-6-10-21(20)29-15-19/h5-11,17,19,24H,4,12-16H2,1-3H3/t17-,19?/m1/s1. The number of para-hydroxylation sites is 2. The minimum atomic E-state index is 0.281. The molecule has 2 aromatic rings. The van der Waals surface area contributed by atoms with Gasteiger partial charge >= 0.3 is 0 Å². The lowest BCUT2D eigenvalue weighted by atomic mass is 10.1. The lowest BCUT2D eigenvalue weighted by Gasteiger charge is -2.20. The van der Waals surface area contributed by atoms with Crippen LogP contribution in [0.1, 0.15) is 19.4 Å². The van der Waals surface area contributed by atoms with Crippen molar-refractivity contribution in [3.63, 3.8) is 0 Å². The highest BCUT2D eigenvalue weighted by atomic mass is 32.2. The van der Waals surface area contributed by atoms with E-state index < -0.39 is 0 Å². The second kappa shape index (κ2) is 11.7. The van der Waals surface area contributed by atoms with E-state index in [1.165, 1.54) is 15.4 Å². The summed E-state index contributed by atoms with van der Waals surface area (Å²) >= 11 is 3.73. The highest BCUT2D eigenvalue weighted by molar-refractivity contribution is 7.99. The van der Waals surface area contributed by atoms with E-state index in [9.17, 15) is 0 Å². The van der Waals surface area contributed by atoms with Crippen molar-refractivity contribution in [2.45, 2.75) is 36.1 Å². The maximum Gasteiger partial charge on any atom is 0.188 e. The van der Waals surface area contributed by atoms with Gasteiger partial charge in [-0.25, -0.2) is 0 Å². The number of methoxy groups -OCH3 is 1. The molecular formula is C23H31NO3S2. The van der Waals surface area contributed by atoms with Crippen molar-refractivity contribution in [1.82, 2.24) is 5.32 Å². The highest BCUT2D eigenvalue weighted by Crippen LogP contribution is 2.34. The van der Waals surface area contributed by atoms with Crippen LogP contribution in [0.3, 0.4) is 0 Å². The third-order valence-electron chi connectivity index (χ3n) is 4.77. The van der Waals surface area contributed by atoms with E-state index in [0.29, 0.717) is 12.0 Å². The summed E-state index contributed by atoms with van der Waals surface area (Å²) in [6.07, 6.45) is 0.951. The van der Waals surface area contributed by atoms with Gasteiger partial charge in [0.1, 0.15) is 18.1 Å². The number of hydrogen-bond donors (Lipinski definition) is 1. The number of hydrogen-bond acceptors (Lipinski definition) is 6. The van der Waals surface area contributed by atoms with E-state index in [1.54, 1.807) is 7.11 Å². The zero-order chi connectivity index (χ0) is 20.5. The second-order valence-electron chi connectivity index (χ2n) is 7.24. The van der Waals surface area contributed by atoms with Gasteiger partial charge in [0.25, 0.3) is 0 Å². The summed E-state index contributed by atoms with van der Waals surface area (Å²) in [5, 5.41) is 3.69. The van der Waals surface area contributed by atoms with Crippen molar-refractivity contribution < 1.29 is 14.2 Å². The molecule has 1 unspecified atom stereocenters. The largest absolute Gasteiger partial charge is 0.491 e. The molecule has 2 aromatic carbocycles. The number of ether oxygens (including phenoxy) is 3. The second-order valence-corrected chi connectivity index (χ2v) is 9.36. The summed E-state index contributed by atoms with van der Waals surface area (Å²) in [6, 6.07) is 15.0. The molecule has 0 bridgehead atoms. The summed E-state index contributed by atoms with van der Waals surface area (Å²) in [5.41, 5.74) is 1.23. The normalized spacial score (nSPS) is 17.1. The quantitative estimate of drug-likeness (QED) is 0.415. The molecule has 0 fully saturated rings.